The highest BCUT2D eigenvalue weighted by Crippen LogP contribution is 2.42. The molecule has 3 amide bonds. The van der Waals surface area contributed by atoms with Gasteiger partial charge in [0.1, 0.15) is 5.75 Å². The van der Waals surface area contributed by atoms with Crippen LogP contribution in [0, 0.1) is 5.41 Å². The Bertz CT molecular complexity index is 699. The van der Waals surface area contributed by atoms with Gasteiger partial charge in [-0.2, -0.15) is 0 Å². The predicted molar refractivity (Wildman–Crippen MR) is 104 cm³/mol. The molecule has 1 aromatic rings. The molecule has 2 heterocycles. The lowest BCUT2D eigenvalue weighted by atomic mass is 9.86. The van der Waals surface area contributed by atoms with Crippen LogP contribution in [0.25, 0.3) is 0 Å². The molecule has 1 saturated carbocycles. The summed E-state index contributed by atoms with van der Waals surface area (Å²) in [6.45, 7) is 2.09. The summed E-state index contributed by atoms with van der Waals surface area (Å²) >= 11 is 0. The van der Waals surface area contributed by atoms with Crippen molar-refractivity contribution in [3.63, 3.8) is 0 Å². The number of carbonyl (C=O) groups excluding carboxylic acids is 2. The maximum atomic E-state index is 12.7. The van der Waals surface area contributed by atoms with Crippen LogP contribution in [-0.4, -0.2) is 49.6 Å². The predicted octanol–water partition coefficient (Wildman–Crippen LogP) is 3.17. The number of methoxy groups -OCH3 is 1. The minimum atomic E-state index is -0.110. The van der Waals surface area contributed by atoms with Crippen LogP contribution in [0.2, 0.25) is 0 Å². The van der Waals surface area contributed by atoms with E-state index in [0.717, 1.165) is 37.2 Å². The van der Waals surface area contributed by atoms with Crippen molar-refractivity contribution >= 4 is 17.6 Å². The number of anilines is 1. The van der Waals surface area contributed by atoms with Gasteiger partial charge in [0.2, 0.25) is 5.91 Å². The Morgan fingerprint density at radius 2 is 1.89 bits per heavy atom. The first kappa shape index (κ1) is 18.1. The summed E-state index contributed by atoms with van der Waals surface area (Å²) in [7, 11) is 1.64. The van der Waals surface area contributed by atoms with Crippen molar-refractivity contribution in [2.45, 2.75) is 51.0 Å². The summed E-state index contributed by atoms with van der Waals surface area (Å²) < 4.78 is 5.20. The molecule has 2 saturated heterocycles. The highest BCUT2D eigenvalue weighted by atomic mass is 16.5. The van der Waals surface area contributed by atoms with Crippen molar-refractivity contribution < 1.29 is 14.3 Å². The van der Waals surface area contributed by atoms with Crippen molar-refractivity contribution in [2.75, 3.05) is 31.6 Å². The van der Waals surface area contributed by atoms with Crippen molar-refractivity contribution in [1.82, 2.24) is 10.2 Å². The van der Waals surface area contributed by atoms with Gasteiger partial charge in [-0.3, -0.25) is 4.79 Å². The van der Waals surface area contributed by atoms with E-state index in [1.807, 2.05) is 34.1 Å². The van der Waals surface area contributed by atoms with Crippen LogP contribution < -0.4 is 15.0 Å². The molecule has 146 valence electrons. The number of benzene rings is 1. The average molecular weight is 371 g/mol. The highest BCUT2D eigenvalue weighted by molar-refractivity contribution is 5.96. The lowest BCUT2D eigenvalue weighted by Gasteiger charge is -2.27. The third kappa shape index (κ3) is 3.75. The number of hydrogen-bond donors (Lipinski definition) is 1. The van der Waals surface area contributed by atoms with E-state index in [-0.39, 0.29) is 17.4 Å². The van der Waals surface area contributed by atoms with Gasteiger partial charge in [0.25, 0.3) is 0 Å². The molecule has 0 radical (unpaired) electrons. The van der Waals surface area contributed by atoms with Crippen LogP contribution in [0.3, 0.4) is 0 Å². The second-order valence-corrected chi connectivity index (χ2v) is 8.31. The molecule has 0 unspecified atom stereocenters. The Labute approximate surface area is 160 Å². The summed E-state index contributed by atoms with van der Waals surface area (Å²) in [5, 5.41) is 3.21. The molecule has 3 fully saturated rings. The normalized spacial score (nSPS) is 26.0. The molecule has 6 heteroatoms. The summed E-state index contributed by atoms with van der Waals surface area (Å²) in [6.07, 6.45) is 7.29. The maximum Gasteiger partial charge on any atom is 0.317 e. The molecule has 4 rings (SSSR count). The largest absolute Gasteiger partial charge is 0.497 e. The Hall–Kier alpha value is -2.24. The molecule has 3 aliphatic rings. The molecule has 1 aliphatic carbocycles. The second-order valence-electron chi connectivity index (χ2n) is 8.31. The Morgan fingerprint density at radius 3 is 2.59 bits per heavy atom. The van der Waals surface area contributed by atoms with Crippen LogP contribution in [-0.2, 0) is 4.79 Å². The van der Waals surface area contributed by atoms with E-state index >= 15 is 0 Å². The third-order valence-corrected chi connectivity index (χ3v) is 6.36. The van der Waals surface area contributed by atoms with E-state index < -0.39 is 0 Å². The van der Waals surface area contributed by atoms with Gasteiger partial charge in [0.15, 0.2) is 0 Å². The van der Waals surface area contributed by atoms with Crippen LogP contribution in [0.15, 0.2) is 24.3 Å². The number of urea groups is 1. The number of nitrogens with zero attached hydrogens (tertiary/aromatic N) is 2. The first-order valence-electron chi connectivity index (χ1n) is 10.1. The Morgan fingerprint density at radius 1 is 1.15 bits per heavy atom. The molecule has 2 aliphatic heterocycles. The molecular weight excluding hydrogens is 342 g/mol. The van der Waals surface area contributed by atoms with Gasteiger partial charge in [0.05, 0.1) is 7.11 Å². The fraction of sp³-hybridized carbons (Fsp3) is 0.619. The minimum Gasteiger partial charge on any atom is -0.497 e. The number of ether oxygens (including phenoxy) is 1. The first-order valence-corrected chi connectivity index (χ1v) is 10.1. The average Bonchev–Trinajstić information content (AvgIpc) is 3.25. The van der Waals surface area contributed by atoms with Crippen LogP contribution >= 0.6 is 0 Å². The number of carbonyl (C=O) groups is 2. The molecule has 0 aromatic heterocycles. The number of hydrogen-bond acceptors (Lipinski definition) is 3. The fourth-order valence-electron chi connectivity index (χ4n) is 4.79. The number of rotatable bonds is 3. The van der Waals surface area contributed by atoms with E-state index in [4.69, 9.17) is 4.74 Å². The monoisotopic (exact) mass is 371 g/mol. The zero-order valence-electron chi connectivity index (χ0n) is 16.1. The van der Waals surface area contributed by atoms with E-state index in [9.17, 15) is 9.59 Å². The fourth-order valence-corrected chi connectivity index (χ4v) is 4.79. The first-order chi connectivity index (χ1) is 13.1. The summed E-state index contributed by atoms with van der Waals surface area (Å²) in [6, 6.07) is 7.99. The lowest BCUT2D eigenvalue weighted by molar-refractivity contribution is -0.117. The molecule has 1 aromatic carbocycles. The maximum absolute atomic E-state index is 12.7. The third-order valence-electron chi connectivity index (χ3n) is 6.36. The van der Waals surface area contributed by atoms with E-state index in [1.165, 1.54) is 19.3 Å². The SMILES string of the molecule is COc1ccc(N2C[C@]3(CCN(C(=O)NC4CCCCC4)C3)CC2=O)cc1. The van der Waals surface area contributed by atoms with E-state index in [2.05, 4.69) is 5.32 Å². The van der Waals surface area contributed by atoms with Crippen molar-refractivity contribution in [3.8, 4) is 5.75 Å². The van der Waals surface area contributed by atoms with Gasteiger partial charge in [0, 0.05) is 43.2 Å². The molecule has 0 bridgehead atoms. The molecule has 6 nitrogen and oxygen atoms in total. The van der Waals surface area contributed by atoms with Crippen molar-refractivity contribution in [2.24, 2.45) is 5.41 Å². The number of amides is 3. The lowest BCUT2D eigenvalue weighted by Crippen LogP contribution is -2.45. The number of nitrogens with one attached hydrogen (secondary N) is 1. The van der Waals surface area contributed by atoms with Crippen LogP contribution in [0.5, 0.6) is 5.75 Å². The van der Waals surface area contributed by atoms with Gasteiger partial charge in [-0.25, -0.2) is 4.79 Å². The molecule has 1 spiro atoms. The smallest absolute Gasteiger partial charge is 0.317 e. The summed E-state index contributed by atoms with van der Waals surface area (Å²) in [5.41, 5.74) is 0.795. The van der Waals surface area contributed by atoms with E-state index in [1.54, 1.807) is 7.11 Å². The van der Waals surface area contributed by atoms with Gasteiger partial charge in [-0.1, -0.05) is 19.3 Å². The van der Waals surface area contributed by atoms with Gasteiger partial charge >= 0.3 is 6.03 Å². The molecule has 27 heavy (non-hydrogen) atoms. The van der Waals surface area contributed by atoms with Gasteiger partial charge in [-0.05, 0) is 43.5 Å². The molecule has 1 N–H and O–H groups in total. The standard InChI is InChI=1S/C21H29N3O3/c1-27-18-9-7-17(8-10-18)24-15-21(13-19(24)25)11-12-23(14-21)20(26)22-16-5-3-2-4-6-16/h7-10,16H,2-6,11-15H2,1H3,(H,22,26)/t21-/m1/s1. The summed E-state index contributed by atoms with van der Waals surface area (Å²) in [5.74, 6) is 0.932. The molecular formula is C21H29N3O3. The minimum absolute atomic E-state index is 0.0501. The topological polar surface area (TPSA) is 61.9 Å². The number of likely N-dealkylation sites (tertiary alicyclic amines) is 1. The summed E-state index contributed by atoms with van der Waals surface area (Å²) in [4.78, 5) is 29.1. The van der Waals surface area contributed by atoms with Crippen molar-refractivity contribution in [1.29, 1.82) is 0 Å². The van der Waals surface area contributed by atoms with Gasteiger partial charge in [-0.15, -0.1) is 0 Å². The van der Waals surface area contributed by atoms with E-state index in [0.29, 0.717) is 25.6 Å². The van der Waals surface area contributed by atoms with Gasteiger partial charge < -0.3 is 19.9 Å². The second kappa shape index (κ2) is 7.41. The molecule has 1 atom stereocenters. The Kier molecular flexibility index (Phi) is 4.98. The Balaban J connectivity index is 1.38. The van der Waals surface area contributed by atoms with Crippen molar-refractivity contribution in [3.05, 3.63) is 24.3 Å². The quantitative estimate of drug-likeness (QED) is 0.888. The highest BCUT2D eigenvalue weighted by Gasteiger charge is 2.48. The zero-order valence-corrected chi connectivity index (χ0v) is 16.1. The van der Waals surface area contributed by atoms with Crippen LogP contribution in [0.4, 0.5) is 10.5 Å². The zero-order chi connectivity index (χ0) is 18.9. The van der Waals surface area contributed by atoms with Crippen LogP contribution in [0.1, 0.15) is 44.9 Å².